The number of rotatable bonds is 5. The van der Waals surface area contributed by atoms with Crippen LogP contribution in [0.1, 0.15) is 38.4 Å². The molecular weight excluding hydrogens is 254 g/mol. The average Bonchev–Trinajstić information content (AvgIpc) is 3.06. The van der Waals surface area contributed by atoms with Crippen molar-refractivity contribution in [2.45, 2.75) is 37.4 Å². The van der Waals surface area contributed by atoms with Gasteiger partial charge in [0.25, 0.3) is 0 Å². The predicted molar refractivity (Wildman–Crippen MR) is 75.1 cm³/mol. The molecule has 0 aliphatic heterocycles. The molecule has 5 heteroatoms. The molecule has 0 spiro atoms. The maximum absolute atomic E-state index is 6.00. The minimum absolute atomic E-state index is 0.296. The molecule has 0 unspecified atom stereocenters. The fourth-order valence-corrected chi connectivity index (χ4v) is 2.54. The molecule has 17 heavy (non-hydrogen) atoms. The molecule has 1 N–H and O–H groups in total. The molecule has 0 amide bonds. The average molecular weight is 272 g/mol. The van der Waals surface area contributed by atoms with Crippen molar-refractivity contribution in [1.82, 2.24) is 9.97 Å². The molecule has 0 aromatic carbocycles. The third-order valence-electron chi connectivity index (χ3n) is 3.06. The minimum atomic E-state index is 0.296. The highest BCUT2D eigenvalue weighted by atomic mass is 35.5. The van der Waals surface area contributed by atoms with Crippen LogP contribution in [0.3, 0.4) is 0 Å². The molecule has 1 aromatic rings. The van der Waals surface area contributed by atoms with Gasteiger partial charge in [-0.3, -0.25) is 0 Å². The Kier molecular flexibility index (Phi) is 3.83. The van der Waals surface area contributed by atoms with Crippen LogP contribution in [-0.2, 0) is 0 Å². The van der Waals surface area contributed by atoms with E-state index in [1.807, 2.05) is 11.8 Å². The number of hydrogen-bond acceptors (Lipinski definition) is 4. The van der Waals surface area contributed by atoms with E-state index in [1.54, 1.807) is 6.07 Å². The van der Waals surface area contributed by atoms with Crippen LogP contribution in [0.5, 0.6) is 0 Å². The third-order valence-corrected chi connectivity index (χ3v) is 4.67. The summed E-state index contributed by atoms with van der Waals surface area (Å²) in [4.78, 5) is 8.70. The predicted octanol–water partition coefficient (Wildman–Crippen LogP) is 3.56. The largest absolute Gasteiger partial charge is 0.369 e. The lowest BCUT2D eigenvalue weighted by Crippen LogP contribution is -2.18. The van der Waals surface area contributed by atoms with Crippen LogP contribution in [0.4, 0.5) is 5.82 Å². The Morgan fingerprint density at radius 2 is 2.18 bits per heavy atom. The summed E-state index contributed by atoms with van der Waals surface area (Å²) in [5, 5.41) is 3.89. The fourth-order valence-electron chi connectivity index (χ4n) is 1.63. The number of hydrogen-bond donors (Lipinski definition) is 1. The normalized spacial score (nSPS) is 17.2. The fraction of sp³-hybridized carbons (Fsp3) is 0.667. The molecule has 2 rings (SSSR count). The van der Waals surface area contributed by atoms with Gasteiger partial charge in [-0.1, -0.05) is 25.4 Å². The molecule has 0 saturated heterocycles. The van der Waals surface area contributed by atoms with Gasteiger partial charge in [0.2, 0.25) is 0 Å². The van der Waals surface area contributed by atoms with Gasteiger partial charge < -0.3 is 5.32 Å². The summed E-state index contributed by atoms with van der Waals surface area (Å²) in [6.45, 7) is 5.10. The number of nitrogens with zero attached hydrogens (tertiary/aromatic N) is 2. The zero-order valence-corrected chi connectivity index (χ0v) is 12.0. The second-order valence-electron chi connectivity index (χ2n) is 4.83. The van der Waals surface area contributed by atoms with Gasteiger partial charge in [-0.05, 0) is 19.1 Å². The van der Waals surface area contributed by atoms with E-state index in [-0.39, 0.29) is 0 Å². The highest BCUT2D eigenvalue weighted by Gasteiger charge is 2.41. The standard InChI is InChI=1S/C12H18ClN3S/c1-8(2)11-15-9(13)6-10(16-11)14-7-12(17-3)4-5-12/h6,8H,4-5,7H2,1-3H3,(H,14,15,16). The van der Waals surface area contributed by atoms with Crippen molar-refractivity contribution in [2.24, 2.45) is 0 Å². The van der Waals surface area contributed by atoms with E-state index in [0.717, 1.165) is 18.2 Å². The summed E-state index contributed by atoms with van der Waals surface area (Å²) in [5.41, 5.74) is 0. The summed E-state index contributed by atoms with van der Waals surface area (Å²) in [7, 11) is 0. The number of halogens is 1. The first-order chi connectivity index (χ1) is 8.04. The van der Waals surface area contributed by atoms with Crippen molar-refractivity contribution in [3.8, 4) is 0 Å². The lowest BCUT2D eigenvalue weighted by atomic mass is 10.2. The third kappa shape index (κ3) is 3.26. The molecular formula is C12H18ClN3S. The van der Waals surface area contributed by atoms with Crippen LogP contribution in [0.2, 0.25) is 5.15 Å². The molecule has 1 heterocycles. The Balaban J connectivity index is 2.05. The lowest BCUT2D eigenvalue weighted by molar-refractivity contribution is 0.773. The van der Waals surface area contributed by atoms with Crippen LogP contribution in [0, 0.1) is 0 Å². The van der Waals surface area contributed by atoms with E-state index in [2.05, 4.69) is 35.4 Å². The molecule has 1 aliphatic carbocycles. The smallest absolute Gasteiger partial charge is 0.135 e. The van der Waals surface area contributed by atoms with Crippen molar-refractivity contribution in [3.05, 3.63) is 17.0 Å². The Labute approximate surface area is 112 Å². The maximum atomic E-state index is 6.00. The van der Waals surface area contributed by atoms with Crippen molar-refractivity contribution in [1.29, 1.82) is 0 Å². The van der Waals surface area contributed by atoms with Gasteiger partial charge in [0, 0.05) is 23.3 Å². The summed E-state index contributed by atoms with van der Waals surface area (Å²) in [5.74, 6) is 1.94. The van der Waals surface area contributed by atoms with Gasteiger partial charge in [-0.25, -0.2) is 9.97 Å². The van der Waals surface area contributed by atoms with E-state index in [1.165, 1.54) is 12.8 Å². The van der Waals surface area contributed by atoms with Crippen LogP contribution < -0.4 is 5.32 Å². The molecule has 1 aliphatic rings. The molecule has 1 fully saturated rings. The lowest BCUT2D eigenvalue weighted by Gasteiger charge is -2.14. The zero-order chi connectivity index (χ0) is 12.5. The minimum Gasteiger partial charge on any atom is -0.369 e. The van der Waals surface area contributed by atoms with Crippen molar-refractivity contribution in [3.63, 3.8) is 0 Å². The summed E-state index contributed by atoms with van der Waals surface area (Å²) in [6.07, 6.45) is 4.75. The number of nitrogens with one attached hydrogen (secondary N) is 1. The van der Waals surface area contributed by atoms with Crippen LogP contribution in [0.15, 0.2) is 6.07 Å². The van der Waals surface area contributed by atoms with Crippen molar-refractivity contribution >= 4 is 29.2 Å². The first-order valence-corrected chi connectivity index (χ1v) is 7.48. The molecule has 0 atom stereocenters. The van der Waals surface area contributed by atoms with E-state index in [0.29, 0.717) is 15.8 Å². The van der Waals surface area contributed by atoms with Crippen LogP contribution in [-0.4, -0.2) is 27.5 Å². The highest BCUT2D eigenvalue weighted by Crippen LogP contribution is 2.46. The van der Waals surface area contributed by atoms with E-state index in [4.69, 9.17) is 11.6 Å². The quantitative estimate of drug-likeness (QED) is 0.831. The monoisotopic (exact) mass is 271 g/mol. The van der Waals surface area contributed by atoms with Gasteiger partial charge in [-0.15, -0.1) is 0 Å². The van der Waals surface area contributed by atoms with Crippen LogP contribution >= 0.6 is 23.4 Å². The number of thioether (sulfide) groups is 1. The second kappa shape index (κ2) is 5.02. The Morgan fingerprint density at radius 1 is 1.47 bits per heavy atom. The summed E-state index contributed by atoms with van der Waals surface area (Å²) < 4.78 is 0.426. The first kappa shape index (κ1) is 13.0. The van der Waals surface area contributed by atoms with Gasteiger partial charge in [0.05, 0.1) is 0 Å². The summed E-state index contributed by atoms with van der Waals surface area (Å²) >= 11 is 7.93. The number of aromatic nitrogens is 2. The highest BCUT2D eigenvalue weighted by molar-refractivity contribution is 8.00. The van der Waals surface area contributed by atoms with Gasteiger partial charge in [0.1, 0.15) is 16.8 Å². The molecule has 3 nitrogen and oxygen atoms in total. The summed E-state index contributed by atoms with van der Waals surface area (Å²) in [6, 6.07) is 1.80. The molecule has 1 saturated carbocycles. The Bertz CT molecular complexity index is 405. The van der Waals surface area contributed by atoms with E-state index < -0.39 is 0 Å². The molecule has 94 valence electrons. The van der Waals surface area contributed by atoms with Crippen LogP contribution in [0.25, 0.3) is 0 Å². The molecule has 1 aromatic heterocycles. The number of anilines is 1. The Hall–Kier alpha value is -0.480. The van der Waals surface area contributed by atoms with E-state index >= 15 is 0 Å². The molecule has 0 bridgehead atoms. The van der Waals surface area contributed by atoms with Gasteiger partial charge in [0.15, 0.2) is 0 Å². The van der Waals surface area contributed by atoms with Gasteiger partial charge in [-0.2, -0.15) is 11.8 Å². The molecule has 0 radical (unpaired) electrons. The van der Waals surface area contributed by atoms with Crippen molar-refractivity contribution in [2.75, 3.05) is 18.1 Å². The Morgan fingerprint density at radius 3 is 2.71 bits per heavy atom. The zero-order valence-electron chi connectivity index (χ0n) is 10.5. The topological polar surface area (TPSA) is 37.8 Å². The maximum Gasteiger partial charge on any atom is 0.135 e. The second-order valence-corrected chi connectivity index (χ2v) is 6.49. The van der Waals surface area contributed by atoms with Gasteiger partial charge >= 0.3 is 0 Å². The van der Waals surface area contributed by atoms with E-state index in [9.17, 15) is 0 Å². The van der Waals surface area contributed by atoms with Crippen molar-refractivity contribution < 1.29 is 0 Å². The SMILES string of the molecule is CSC1(CNc2cc(Cl)nc(C(C)C)n2)CC1. The first-order valence-electron chi connectivity index (χ1n) is 5.88.